The van der Waals surface area contributed by atoms with Gasteiger partial charge in [-0.2, -0.15) is 0 Å². The zero-order valence-electron chi connectivity index (χ0n) is 11.6. The lowest BCUT2D eigenvalue weighted by Crippen LogP contribution is -2.43. The molecule has 0 spiro atoms. The van der Waals surface area contributed by atoms with Crippen molar-refractivity contribution in [3.8, 4) is 5.75 Å². The van der Waals surface area contributed by atoms with E-state index in [-0.39, 0.29) is 11.4 Å². The predicted molar refractivity (Wildman–Crippen MR) is 76.2 cm³/mol. The number of anilines is 1. The standard InChI is InChI=1S/C14H20N2O4/c1-2-9-20-12-6-3-5-11(13(12)16(18)19)15-10-14(17)7-4-8-14/h3,5-6,15,17H,2,4,7-10H2,1H3. The van der Waals surface area contributed by atoms with Crippen LogP contribution < -0.4 is 10.1 Å². The number of rotatable bonds is 7. The highest BCUT2D eigenvalue weighted by atomic mass is 16.6. The van der Waals surface area contributed by atoms with Crippen LogP contribution in [-0.4, -0.2) is 28.8 Å². The van der Waals surface area contributed by atoms with Gasteiger partial charge in [-0.05, 0) is 37.8 Å². The minimum absolute atomic E-state index is 0.0659. The molecule has 0 radical (unpaired) electrons. The van der Waals surface area contributed by atoms with Gasteiger partial charge in [0.05, 0.1) is 17.1 Å². The van der Waals surface area contributed by atoms with Crippen LogP contribution in [0.3, 0.4) is 0 Å². The Balaban J connectivity index is 2.15. The van der Waals surface area contributed by atoms with E-state index in [1.165, 1.54) is 0 Å². The Bertz CT molecular complexity index is 486. The Morgan fingerprint density at radius 2 is 2.25 bits per heavy atom. The van der Waals surface area contributed by atoms with Crippen molar-refractivity contribution in [3.63, 3.8) is 0 Å². The van der Waals surface area contributed by atoms with Crippen LogP contribution in [0.5, 0.6) is 5.75 Å². The summed E-state index contributed by atoms with van der Waals surface area (Å²) in [6.45, 7) is 2.71. The second-order valence-corrected chi connectivity index (χ2v) is 5.19. The van der Waals surface area contributed by atoms with E-state index in [4.69, 9.17) is 4.74 Å². The van der Waals surface area contributed by atoms with Gasteiger partial charge in [-0.25, -0.2) is 0 Å². The maximum absolute atomic E-state index is 11.2. The topological polar surface area (TPSA) is 84.6 Å². The van der Waals surface area contributed by atoms with Crippen LogP contribution in [0, 0.1) is 10.1 Å². The number of hydrogen-bond donors (Lipinski definition) is 2. The number of hydrogen-bond acceptors (Lipinski definition) is 5. The molecule has 1 fully saturated rings. The Hall–Kier alpha value is -1.82. The molecule has 2 N–H and O–H groups in total. The largest absolute Gasteiger partial charge is 0.487 e. The van der Waals surface area contributed by atoms with E-state index in [1.54, 1.807) is 18.2 Å². The van der Waals surface area contributed by atoms with Crippen LogP contribution in [-0.2, 0) is 0 Å². The van der Waals surface area contributed by atoms with Gasteiger partial charge < -0.3 is 15.2 Å². The molecule has 0 aromatic heterocycles. The summed E-state index contributed by atoms with van der Waals surface area (Å²) < 4.78 is 5.42. The quantitative estimate of drug-likeness (QED) is 0.592. The molecule has 1 saturated carbocycles. The van der Waals surface area contributed by atoms with Gasteiger partial charge in [-0.15, -0.1) is 0 Å². The Morgan fingerprint density at radius 1 is 1.50 bits per heavy atom. The average molecular weight is 280 g/mol. The second kappa shape index (κ2) is 6.09. The van der Waals surface area contributed by atoms with E-state index in [1.807, 2.05) is 6.92 Å². The summed E-state index contributed by atoms with van der Waals surface area (Å²) in [7, 11) is 0. The molecule has 1 aliphatic rings. The molecule has 0 bridgehead atoms. The molecule has 6 heteroatoms. The molecule has 0 heterocycles. The third-order valence-corrected chi connectivity index (χ3v) is 3.54. The minimum atomic E-state index is -0.728. The molecule has 0 amide bonds. The number of nitrogens with zero attached hydrogens (tertiary/aromatic N) is 1. The van der Waals surface area contributed by atoms with Gasteiger partial charge in [0.25, 0.3) is 0 Å². The maximum atomic E-state index is 11.2. The van der Waals surface area contributed by atoms with Crippen molar-refractivity contribution in [3.05, 3.63) is 28.3 Å². The first kappa shape index (κ1) is 14.6. The highest BCUT2D eigenvalue weighted by molar-refractivity contribution is 5.68. The number of benzene rings is 1. The van der Waals surface area contributed by atoms with Gasteiger partial charge in [-0.3, -0.25) is 10.1 Å². The van der Waals surface area contributed by atoms with Crippen molar-refractivity contribution in [1.82, 2.24) is 0 Å². The van der Waals surface area contributed by atoms with Gasteiger partial charge in [0.2, 0.25) is 0 Å². The van der Waals surface area contributed by atoms with Crippen molar-refractivity contribution in [2.45, 2.75) is 38.2 Å². The normalized spacial score (nSPS) is 16.3. The smallest absolute Gasteiger partial charge is 0.333 e. The summed E-state index contributed by atoms with van der Waals surface area (Å²) in [5.41, 5.74) is -0.401. The van der Waals surface area contributed by atoms with E-state index < -0.39 is 10.5 Å². The van der Waals surface area contributed by atoms with Gasteiger partial charge in [0.15, 0.2) is 5.75 Å². The third kappa shape index (κ3) is 3.19. The Kier molecular flexibility index (Phi) is 4.44. The van der Waals surface area contributed by atoms with Gasteiger partial charge in [-0.1, -0.05) is 13.0 Å². The molecular formula is C14H20N2O4. The summed E-state index contributed by atoms with van der Waals surface area (Å²) in [4.78, 5) is 10.8. The van der Waals surface area contributed by atoms with Crippen LogP contribution in [0.25, 0.3) is 0 Å². The van der Waals surface area contributed by atoms with Crippen LogP contribution in [0.15, 0.2) is 18.2 Å². The monoisotopic (exact) mass is 280 g/mol. The van der Waals surface area contributed by atoms with Crippen molar-refractivity contribution < 1.29 is 14.8 Å². The number of aliphatic hydroxyl groups is 1. The fraction of sp³-hybridized carbons (Fsp3) is 0.571. The number of nitro benzene ring substituents is 1. The van der Waals surface area contributed by atoms with E-state index in [9.17, 15) is 15.2 Å². The average Bonchev–Trinajstić information content (AvgIpc) is 2.40. The van der Waals surface area contributed by atoms with E-state index in [0.29, 0.717) is 18.8 Å². The molecule has 0 unspecified atom stereocenters. The lowest BCUT2D eigenvalue weighted by Gasteiger charge is -2.36. The maximum Gasteiger partial charge on any atom is 0.333 e. The Labute approximate surface area is 117 Å². The fourth-order valence-electron chi connectivity index (χ4n) is 2.20. The molecule has 20 heavy (non-hydrogen) atoms. The van der Waals surface area contributed by atoms with Crippen molar-refractivity contribution in [2.75, 3.05) is 18.5 Å². The first-order valence-corrected chi connectivity index (χ1v) is 6.92. The van der Waals surface area contributed by atoms with Crippen LogP contribution >= 0.6 is 0 Å². The summed E-state index contributed by atoms with van der Waals surface area (Å²) in [5.74, 6) is 0.266. The van der Waals surface area contributed by atoms with E-state index in [0.717, 1.165) is 25.7 Å². The fourth-order valence-corrected chi connectivity index (χ4v) is 2.20. The van der Waals surface area contributed by atoms with Crippen LogP contribution in [0.2, 0.25) is 0 Å². The molecular weight excluding hydrogens is 260 g/mol. The highest BCUT2D eigenvalue weighted by Gasteiger charge is 2.34. The summed E-state index contributed by atoms with van der Waals surface area (Å²) >= 11 is 0. The number of ether oxygens (including phenoxy) is 1. The van der Waals surface area contributed by atoms with Crippen LogP contribution in [0.1, 0.15) is 32.6 Å². The molecule has 6 nitrogen and oxygen atoms in total. The summed E-state index contributed by atoms with van der Waals surface area (Å²) in [6, 6.07) is 4.95. The highest BCUT2D eigenvalue weighted by Crippen LogP contribution is 2.37. The van der Waals surface area contributed by atoms with Crippen molar-refractivity contribution >= 4 is 11.4 Å². The molecule has 2 rings (SSSR count). The lowest BCUT2D eigenvalue weighted by atomic mass is 9.80. The zero-order chi connectivity index (χ0) is 14.6. The van der Waals surface area contributed by atoms with Crippen molar-refractivity contribution in [2.24, 2.45) is 0 Å². The molecule has 1 aromatic rings. The molecule has 0 atom stereocenters. The SMILES string of the molecule is CCCOc1cccc(NCC2(O)CCC2)c1[N+](=O)[O-]. The summed E-state index contributed by atoms with van der Waals surface area (Å²) in [5, 5.41) is 24.3. The number of nitrogens with one attached hydrogen (secondary N) is 1. The van der Waals surface area contributed by atoms with E-state index in [2.05, 4.69) is 5.32 Å². The third-order valence-electron chi connectivity index (χ3n) is 3.54. The first-order valence-electron chi connectivity index (χ1n) is 6.92. The number of para-hydroxylation sites is 1. The second-order valence-electron chi connectivity index (χ2n) is 5.19. The van der Waals surface area contributed by atoms with Gasteiger partial charge in [0, 0.05) is 6.54 Å². The van der Waals surface area contributed by atoms with Crippen LogP contribution in [0.4, 0.5) is 11.4 Å². The zero-order valence-corrected chi connectivity index (χ0v) is 11.6. The molecule has 110 valence electrons. The van der Waals surface area contributed by atoms with Gasteiger partial charge >= 0.3 is 5.69 Å². The molecule has 1 aromatic carbocycles. The molecule has 0 aliphatic heterocycles. The number of nitro groups is 1. The Morgan fingerprint density at radius 3 is 2.80 bits per heavy atom. The minimum Gasteiger partial charge on any atom is -0.487 e. The van der Waals surface area contributed by atoms with E-state index >= 15 is 0 Å². The summed E-state index contributed by atoms with van der Waals surface area (Å²) in [6.07, 6.45) is 3.26. The van der Waals surface area contributed by atoms with Crippen molar-refractivity contribution in [1.29, 1.82) is 0 Å². The van der Waals surface area contributed by atoms with Gasteiger partial charge in [0.1, 0.15) is 5.69 Å². The molecule has 1 aliphatic carbocycles. The molecule has 0 saturated heterocycles. The predicted octanol–water partition coefficient (Wildman–Crippen LogP) is 2.71. The lowest BCUT2D eigenvalue weighted by molar-refractivity contribution is -0.385. The first-order chi connectivity index (χ1) is 9.56.